The van der Waals surface area contributed by atoms with Gasteiger partial charge in [0.05, 0.1) is 10.9 Å². The summed E-state index contributed by atoms with van der Waals surface area (Å²) in [5.74, 6) is -0.341. The van der Waals surface area contributed by atoms with Crippen LogP contribution in [-0.2, 0) is 7.05 Å². The number of halogens is 2. The van der Waals surface area contributed by atoms with Gasteiger partial charge in [-0.25, -0.2) is 8.78 Å². The third-order valence-corrected chi connectivity index (χ3v) is 6.41. The predicted octanol–water partition coefficient (Wildman–Crippen LogP) is 7.25. The SMILES string of the molecule is Cc1cc2c(oc3cc(F)ccc32)c(-c2cc(C(C)C)c3cc(F)ccc3[n+]2C)c1C. The van der Waals surface area contributed by atoms with Crippen LogP contribution in [0.25, 0.3) is 44.1 Å². The fourth-order valence-electron chi connectivity index (χ4n) is 4.62. The second-order valence-corrected chi connectivity index (χ2v) is 8.67. The van der Waals surface area contributed by atoms with Crippen LogP contribution in [0.5, 0.6) is 0 Å². The van der Waals surface area contributed by atoms with Crippen molar-refractivity contribution in [1.29, 1.82) is 0 Å². The first-order chi connectivity index (χ1) is 14.8. The Morgan fingerprint density at radius 2 is 1.55 bits per heavy atom. The molecule has 2 aromatic heterocycles. The largest absolute Gasteiger partial charge is 0.455 e. The molecule has 0 unspecified atom stereocenters. The van der Waals surface area contributed by atoms with E-state index in [2.05, 4.69) is 44.4 Å². The van der Waals surface area contributed by atoms with Crippen molar-refractivity contribution in [2.45, 2.75) is 33.6 Å². The van der Waals surface area contributed by atoms with Crippen LogP contribution in [0, 0.1) is 25.5 Å². The molecule has 0 radical (unpaired) electrons. The number of benzene rings is 3. The summed E-state index contributed by atoms with van der Waals surface area (Å²) in [6, 6.07) is 13.9. The molecule has 5 aromatic rings. The predicted molar refractivity (Wildman–Crippen MR) is 121 cm³/mol. The number of hydrogen-bond acceptors (Lipinski definition) is 1. The summed E-state index contributed by atoms with van der Waals surface area (Å²) in [7, 11) is 2.00. The molecule has 0 aliphatic carbocycles. The zero-order valence-electron chi connectivity index (χ0n) is 18.3. The fraction of sp³-hybridized carbons (Fsp3) is 0.222. The van der Waals surface area contributed by atoms with Crippen molar-refractivity contribution < 1.29 is 17.8 Å². The highest BCUT2D eigenvalue weighted by Gasteiger charge is 2.26. The van der Waals surface area contributed by atoms with Crippen LogP contribution in [0.1, 0.15) is 36.5 Å². The molecule has 4 heteroatoms. The maximum Gasteiger partial charge on any atom is 0.217 e. The van der Waals surface area contributed by atoms with Crippen molar-refractivity contribution in [1.82, 2.24) is 0 Å². The lowest BCUT2D eigenvalue weighted by Crippen LogP contribution is -2.33. The highest BCUT2D eigenvalue weighted by molar-refractivity contribution is 6.10. The first-order valence-corrected chi connectivity index (χ1v) is 10.5. The van der Waals surface area contributed by atoms with Crippen LogP contribution >= 0.6 is 0 Å². The Bertz CT molecular complexity index is 1510. The summed E-state index contributed by atoms with van der Waals surface area (Å²) in [5, 5.41) is 2.78. The van der Waals surface area contributed by atoms with Crippen molar-refractivity contribution in [2.24, 2.45) is 7.05 Å². The van der Waals surface area contributed by atoms with E-state index >= 15 is 0 Å². The Hall–Kier alpha value is -3.27. The lowest BCUT2D eigenvalue weighted by atomic mass is 9.92. The van der Waals surface area contributed by atoms with Gasteiger partial charge in [0.15, 0.2) is 0 Å². The van der Waals surface area contributed by atoms with E-state index in [0.717, 1.165) is 55.2 Å². The van der Waals surface area contributed by atoms with E-state index in [4.69, 9.17) is 4.42 Å². The normalized spacial score (nSPS) is 12.0. The van der Waals surface area contributed by atoms with Crippen molar-refractivity contribution in [3.63, 3.8) is 0 Å². The van der Waals surface area contributed by atoms with Gasteiger partial charge in [-0.15, -0.1) is 0 Å². The molecule has 0 fully saturated rings. The van der Waals surface area contributed by atoms with Crippen LogP contribution in [0.4, 0.5) is 8.78 Å². The van der Waals surface area contributed by atoms with E-state index in [1.165, 1.54) is 18.2 Å². The zero-order chi connectivity index (χ0) is 22.0. The Morgan fingerprint density at radius 3 is 2.29 bits per heavy atom. The highest BCUT2D eigenvalue weighted by atomic mass is 19.1. The number of nitrogens with zero attached hydrogens (tertiary/aromatic N) is 1. The van der Waals surface area contributed by atoms with Gasteiger partial charge in [-0.3, -0.25) is 0 Å². The fourth-order valence-corrected chi connectivity index (χ4v) is 4.62. The highest BCUT2D eigenvalue weighted by Crippen LogP contribution is 2.40. The van der Waals surface area contributed by atoms with Crippen molar-refractivity contribution in [3.05, 3.63) is 76.9 Å². The van der Waals surface area contributed by atoms with Crippen molar-refractivity contribution >= 4 is 32.8 Å². The molecule has 5 rings (SSSR count). The van der Waals surface area contributed by atoms with Gasteiger partial charge in [0.25, 0.3) is 0 Å². The second kappa shape index (κ2) is 6.88. The smallest absolute Gasteiger partial charge is 0.217 e. The summed E-state index contributed by atoms with van der Waals surface area (Å²) in [6.45, 7) is 8.40. The lowest BCUT2D eigenvalue weighted by molar-refractivity contribution is -0.633. The van der Waals surface area contributed by atoms with Gasteiger partial charge in [-0.1, -0.05) is 13.8 Å². The van der Waals surface area contributed by atoms with Gasteiger partial charge in [0, 0.05) is 29.0 Å². The molecular formula is C27H24F2NO+. The zero-order valence-corrected chi connectivity index (χ0v) is 18.3. The minimum atomic E-state index is -0.318. The topological polar surface area (TPSA) is 17.0 Å². The lowest BCUT2D eigenvalue weighted by Gasteiger charge is -2.14. The van der Waals surface area contributed by atoms with Crippen molar-refractivity contribution in [2.75, 3.05) is 0 Å². The van der Waals surface area contributed by atoms with E-state index in [1.54, 1.807) is 12.1 Å². The number of aryl methyl sites for hydroxylation is 2. The molecule has 31 heavy (non-hydrogen) atoms. The molecule has 0 atom stereocenters. The van der Waals surface area contributed by atoms with E-state index in [1.807, 2.05) is 13.1 Å². The molecule has 0 aliphatic rings. The van der Waals surface area contributed by atoms with Gasteiger partial charge < -0.3 is 4.42 Å². The summed E-state index contributed by atoms with van der Waals surface area (Å²) in [5.41, 5.74) is 7.55. The molecule has 3 aromatic carbocycles. The monoisotopic (exact) mass is 416 g/mol. The number of rotatable bonds is 2. The molecule has 0 aliphatic heterocycles. The van der Waals surface area contributed by atoms with E-state index in [0.29, 0.717) is 5.58 Å². The summed E-state index contributed by atoms with van der Waals surface area (Å²) >= 11 is 0. The van der Waals surface area contributed by atoms with Crippen LogP contribution in [0.2, 0.25) is 0 Å². The Labute approximate surface area is 179 Å². The standard InChI is InChI=1S/C27H24F2NO/c1-14(2)20-13-24(30(5)23-9-7-17(28)11-21(20)23)26-16(4)15(3)10-22-19-8-6-18(29)12-25(19)31-27(22)26/h6-14H,1-5H3/q+1. The molecule has 0 amide bonds. The third kappa shape index (κ3) is 2.93. The first-order valence-electron chi connectivity index (χ1n) is 10.5. The molecule has 0 saturated heterocycles. The number of fused-ring (bicyclic) bond motifs is 4. The minimum absolute atomic E-state index is 0.217. The number of furan rings is 1. The van der Waals surface area contributed by atoms with Crippen LogP contribution in [0.3, 0.4) is 0 Å². The molecule has 0 N–H and O–H groups in total. The summed E-state index contributed by atoms with van der Waals surface area (Å²) in [6.07, 6.45) is 0. The third-order valence-electron chi connectivity index (χ3n) is 6.41. The summed E-state index contributed by atoms with van der Waals surface area (Å²) < 4.78 is 36.2. The molecule has 2 heterocycles. The maximum atomic E-state index is 14.1. The number of aromatic nitrogens is 1. The Kier molecular flexibility index (Phi) is 4.37. The Balaban J connectivity index is 1.96. The molecule has 0 spiro atoms. The van der Waals surface area contributed by atoms with E-state index in [9.17, 15) is 8.78 Å². The maximum absolute atomic E-state index is 14.1. The van der Waals surface area contributed by atoms with Gasteiger partial charge in [0.1, 0.15) is 29.8 Å². The molecule has 2 nitrogen and oxygen atoms in total. The van der Waals surface area contributed by atoms with Gasteiger partial charge in [-0.05, 0) is 66.8 Å². The van der Waals surface area contributed by atoms with Crippen LogP contribution in [0.15, 0.2) is 52.9 Å². The van der Waals surface area contributed by atoms with Gasteiger partial charge in [0.2, 0.25) is 11.2 Å². The Morgan fingerprint density at radius 1 is 0.839 bits per heavy atom. The van der Waals surface area contributed by atoms with Gasteiger partial charge in [-0.2, -0.15) is 4.57 Å². The second-order valence-electron chi connectivity index (χ2n) is 8.67. The van der Waals surface area contributed by atoms with Crippen LogP contribution < -0.4 is 4.57 Å². The number of hydrogen-bond donors (Lipinski definition) is 0. The van der Waals surface area contributed by atoms with E-state index in [-0.39, 0.29) is 17.6 Å². The molecule has 156 valence electrons. The average Bonchev–Trinajstić information content (AvgIpc) is 3.06. The quantitative estimate of drug-likeness (QED) is 0.277. The average molecular weight is 416 g/mol. The molecule has 0 bridgehead atoms. The molecular weight excluding hydrogens is 392 g/mol. The van der Waals surface area contributed by atoms with Crippen molar-refractivity contribution in [3.8, 4) is 11.3 Å². The van der Waals surface area contributed by atoms with Gasteiger partial charge >= 0.3 is 0 Å². The molecule has 0 saturated carbocycles. The number of pyridine rings is 1. The van der Waals surface area contributed by atoms with E-state index < -0.39 is 0 Å². The summed E-state index contributed by atoms with van der Waals surface area (Å²) in [4.78, 5) is 0. The van der Waals surface area contributed by atoms with Crippen LogP contribution in [-0.4, -0.2) is 0 Å². The first kappa shape index (κ1) is 19.7. The minimum Gasteiger partial charge on any atom is -0.455 e.